The lowest BCUT2D eigenvalue weighted by Gasteiger charge is -2.13. The average Bonchev–Trinajstić information content (AvgIpc) is 3.06. The maximum absolute atomic E-state index is 13.6. The second-order valence-corrected chi connectivity index (χ2v) is 6.49. The number of hydrogen-bond donors (Lipinski definition) is 1. The number of ether oxygens (including phenoxy) is 1. The Morgan fingerprint density at radius 2 is 1.81 bits per heavy atom. The van der Waals surface area contributed by atoms with E-state index in [4.69, 9.17) is 4.74 Å². The second kappa shape index (κ2) is 7.17. The van der Waals surface area contributed by atoms with Gasteiger partial charge >= 0.3 is 5.97 Å². The molecule has 0 spiro atoms. The summed E-state index contributed by atoms with van der Waals surface area (Å²) in [6.45, 7) is 1.29. The highest BCUT2D eigenvalue weighted by Gasteiger charge is 2.22. The summed E-state index contributed by atoms with van der Waals surface area (Å²) in [6, 6.07) is 10.6. The Labute approximate surface area is 150 Å². The van der Waals surface area contributed by atoms with Crippen molar-refractivity contribution in [2.24, 2.45) is 0 Å². The fourth-order valence-electron chi connectivity index (χ4n) is 2.21. The normalized spacial score (nSPS) is 12.0. The second-order valence-electron chi connectivity index (χ2n) is 5.41. The van der Waals surface area contributed by atoms with Crippen LogP contribution in [0.15, 0.2) is 42.5 Å². The molecule has 0 aliphatic rings. The zero-order chi connectivity index (χ0) is 18.8. The molecule has 26 heavy (non-hydrogen) atoms. The fraction of sp³-hybridized carbons (Fsp3) is 0.111. The van der Waals surface area contributed by atoms with Crippen molar-refractivity contribution in [3.63, 3.8) is 0 Å². The topological polar surface area (TPSA) is 55.4 Å². The van der Waals surface area contributed by atoms with Crippen molar-refractivity contribution in [3.05, 3.63) is 64.8 Å². The van der Waals surface area contributed by atoms with Gasteiger partial charge in [0.2, 0.25) is 0 Å². The third kappa shape index (κ3) is 3.55. The molecule has 8 heteroatoms. The van der Waals surface area contributed by atoms with Crippen LogP contribution in [-0.4, -0.2) is 18.0 Å². The van der Waals surface area contributed by atoms with Crippen LogP contribution in [0, 0.1) is 17.5 Å². The van der Waals surface area contributed by atoms with Gasteiger partial charge in [-0.15, -0.1) is 11.3 Å². The van der Waals surface area contributed by atoms with Crippen LogP contribution in [0.25, 0.3) is 10.1 Å². The number of halogens is 3. The van der Waals surface area contributed by atoms with E-state index in [0.717, 1.165) is 16.2 Å². The highest BCUT2D eigenvalue weighted by molar-refractivity contribution is 7.20. The summed E-state index contributed by atoms with van der Waals surface area (Å²) in [6.07, 6.45) is -1.26. The van der Waals surface area contributed by atoms with Crippen LogP contribution < -0.4 is 5.32 Å². The van der Waals surface area contributed by atoms with Crippen molar-refractivity contribution in [2.45, 2.75) is 13.0 Å². The van der Waals surface area contributed by atoms with Gasteiger partial charge in [-0.2, -0.15) is 0 Å². The van der Waals surface area contributed by atoms with Crippen molar-refractivity contribution in [3.8, 4) is 0 Å². The number of benzene rings is 2. The molecule has 4 nitrogen and oxygen atoms in total. The first-order valence-corrected chi connectivity index (χ1v) is 8.32. The van der Waals surface area contributed by atoms with Gasteiger partial charge in [0.05, 0.1) is 5.69 Å². The van der Waals surface area contributed by atoms with E-state index in [9.17, 15) is 22.8 Å². The first-order chi connectivity index (χ1) is 12.4. The molecular formula is C18H12F3NO3S. The van der Waals surface area contributed by atoms with E-state index >= 15 is 0 Å². The number of hydrogen-bond acceptors (Lipinski definition) is 4. The minimum absolute atomic E-state index is 0.310. The molecule has 3 rings (SSSR count). The molecule has 1 atom stereocenters. The minimum Gasteiger partial charge on any atom is -0.448 e. The number of nitrogens with one attached hydrogen (secondary N) is 1. The van der Waals surface area contributed by atoms with Crippen LogP contribution in [-0.2, 0) is 9.53 Å². The van der Waals surface area contributed by atoms with E-state index < -0.39 is 41.1 Å². The minimum atomic E-state index is -1.70. The van der Waals surface area contributed by atoms with Crippen molar-refractivity contribution in [2.75, 3.05) is 5.32 Å². The third-order valence-corrected chi connectivity index (χ3v) is 4.67. The smallest absolute Gasteiger partial charge is 0.349 e. The molecule has 0 aliphatic carbocycles. The van der Waals surface area contributed by atoms with E-state index in [1.807, 2.05) is 24.3 Å². The Hall–Kier alpha value is -2.87. The van der Waals surface area contributed by atoms with Gasteiger partial charge in [0.1, 0.15) is 4.88 Å². The Kier molecular flexibility index (Phi) is 4.94. The summed E-state index contributed by atoms with van der Waals surface area (Å²) in [7, 11) is 0. The van der Waals surface area contributed by atoms with Crippen LogP contribution in [0.2, 0.25) is 0 Å². The van der Waals surface area contributed by atoms with E-state index in [1.54, 1.807) is 6.07 Å². The first kappa shape index (κ1) is 17.9. The predicted octanol–water partition coefficient (Wildman–Crippen LogP) is 4.50. The predicted molar refractivity (Wildman–Crippen MR) is 91.6 cm³/mol. The van der Waals surface area contributed by atoms with Gasteiger partial charge in [-0.1, -0.05) is 18.2 Å². The number of esters is 1. The zero-order valence-electron chi connectivity index (χ0n) is 13.4. The number of carbonyl (C=O) groups is 2. The molecule has 1 heterocycles. The van der Waals surface area contributed by atoms with Gasteiger partial charge in [0.25, 0.3) is 5.91 Å². The maximum atomic E-state index is 13.6. The van der Waals surface area contributed by atoms with Crippen molar-refractivity contribution in [1.29, 1.82) is 0 Å². The lowest BCUT2D eigenvalue weighted by Crippen LogP contribution is -2.30. The molecule has 0 saturated heterocycles. The SMILES string of the molecule is C[C@H](OC(=O)c1cc2ccccc2s1)C(=O)Nc1ccc(F)c(F)c1F. The van der Waals surface area contributed by atoms with Gasteiger partial charge in [-0.3, -0.25) is 4.79 Å². The van der Waals surface area contributed by atoms with Crippen LogP contribution in [0.4, 0.5) is 18.9 Å². The number of anilines is 1. The van der Waals surface area contributed by atoms with Gasteiger partial charge in [-0.05, 0) is 36.6 Å². The van der Waals surface area contributed by atoms with E-state index in [1.165, 1.54) is 18.3 Å². The summed E-state index contributed by atoms with van der Waals surface area (Å²) >= 11 is 1.21. The number of amides is 1. The van der Waals surface area contributed by atoms with Crippen molar-refractivity contribution >= 4 is 39.0 Å². The Bertz CT molecular complexity index is 970. The van der Waals surface area contributed by atoms with Crippen LogP contribution in [0.5, 0.6) is 0 Å². The molecule has 0 fully saturated rings. The lowest BCUT2D eigenvalue weighted by molar-refractivity contribution is -0.123. The maximum Gasteiger partial charge on any atom is 0.349 e. The zero-order valence-corrected chi connectivity index (χ0v) is 14.2. The summed E-state index contributed by atoms with van der Waals surface area (Å²) in [4.78, 5) is 24.5. The number of thiophene rings is 1. The van der Waals surface area contributed by atoms with Crippen LogP contribution >= 0.6 is 11.3 Å². The highest BCUT2D eigenvalue weighted by Crippen LogP contribution is 2.26. The quantitative estimate of drug-likeness (QED) is 0.536. The molecule has 1 N–H and O–H groups in total. The largest absolute Gasteiger partial charge is 0.448 e. The molecule has 0 bridgehead atoms. The summed E-state index contributed by atoms with van der Waals surface area (Å²) in [5.74, 6) is -6.17. The first-order valence-electron chi connectivity index (χ1n) is 7.50. The Balaban J connectivity index is 1.69. The van der Waals surface area contributed by atoms with Crippen LogP contribution in [0.3, 0.4) is 0 Å². The number of carbonyl (C=O) groups excluding carboxylic acids is 2. The summed E-state index contributed by atoms with van der Waals surface area (Å²) in [5, 5.41) is 2.93. The third-order valence-electron chi connectivity index (χ3n) is 3.57. The summed E-state index contributed by atoms with van der Waals surface area (Å²) in [5.41, 5.74) is -0.543. The molecule has 0 aliphatic heterocycles. The Morgan fingerprint density at radius 1 is 1.08 bits per heavy atom. The molecule has 1 amide bonds. The molecular weight excluding hydrogens is 367 g/mol. The van der Waals surface area contributed by atoms with Gasteiger partial charge < -0.3 is 10.1 Å². The van der Waals surface area contributed by atoms with Crippen molar-refractivity contribution < 1.29 is 27.5 Å². The molecule has 0 unspecified atom stereocenters. The standard InChI is InChI=1S/C18H12F3NO3S/c1-9(17(23)22-12-7-6-11(19)15(20)16(12)21)25-18(24)14-8-10-4-2-3-5-13(10)26-14/h2-9H,1H3,(H,22,23)/t9-/m0/s1. The summed E-state index contributed by atoms with van der Waals surface area (Å²) < 4.78 is 45.6. The van der Waals surface area contributed by atoms with Gasteiger partial charge in [0, 0.05) is 4.70 Å². The average molecular weight is 379 g/mol. The van der Waals surface area contributed by atoms with E-state index in [-0.39, 0.29) is 0 Å². The highest BCUT2D eigenvalue weighted by atomic mass is 32.1. The fourth-order valence-corrected chi connectivity index (χ4v) is 3.16. The molecule has 134 valence electrons. The molecule has 0 radical (unpaired) electrons. The van der Waals surface area contributed by atoms with Crippen molar-refractivity contribution in [1.82, 2.24) is 0 Å². The molecule has 0 saturated carbocycles. The monoisotopic (exact) mass is 379 g/mol. The number of rotatable bonds is 4. The Morgan fingerprint density at radius 3 is 2.54 bits per heavy atom. The molecule has 1 aromatic heterocycles. The number of fused-ring (bicyclic) bond motifs is 1. The molecule has 3 aromatic rings. The lowest BCUT2D eigenvalue weighted by atomic mass is 10.2. The van der Waals surface area contributed by atoms with Gasteiger partial charge in [0.15, 0.2) is 23.6 Å². The van der Waals surface area contributed by atoms with Gasteiger partial charge in [-0.25, -0.2) is 18.0 Å². The van der Waals surface area contributed by atoms with E-state index in [0.29, 0.717) is 10.9 Å². The molecule has 2 aromatic carbocycles. The van der Waals surface area contributed by atoms with E-state index in [2.05, 4.69) is 5.32 Å². The van der Waals surface area contributed by atoms with Crippen LogP contribution in [0.1, 0.15) is 16.6 Å².